The number of nitrogens with one attached hydrogen (secondary N) is 1. The van der Waals surface area contributed by atoms with Crippen molar-refractivity contribution in [1.82, 2.24) is 15.3 Å². The topological polar surface area (TPSA) is 78.7 Å². The number of amides is 1. The fourth-order valence-electron chi connectivity index (χ4n) is 2.12. The second-order valence-electron chi connectivity index (χ2n) is 5.06. The maximum atomic E-state index is 12.0. The van der Waals surface area contributed by atoms with Crippen molar-refractivity contribution < 1.29 is 4.79 Å². The smallest absolute Gasteiger partial charge is 0.269 e. The van der Waals surface area contributed by atoms with Crippen LogP contribution in [0.2, 0.25) is 0 Å². The highest BCUT2D eigenvalue weighted by Gasteiger charge is 2.08. The van der Waals surface area contributed by atoms with Crippen LogP contribution in [0.1, 0.15) is 21.7 Å². The second kappa shape index (κ2) is 7.49. The van der Waals surface area contributed by atoms with Gasteiger partial charge in [0.1, 0.15) is 16.8 Å². The van der Waals surface area contributed by atoms with Crippen molar-refractivity contribution in [1.29, 1.82) is 5.26 Å². The fourth-order valence-corrected chi connectivity index (χ4v) is 2.98. The van der Waals surface area contributed by atoms with Crippen LogP contribution < -0.4 is 5.32 Å². The Morgan fingerprint density at radius 1 is 1.21 bits per heavy atom. The molecule has 5 nitrogen and oxygen atoms in total. The summed E-state index contributed by atoms with van der Waals surface area (Å²) < 4.78 is 0. The van der Waals surface area contributed by atoms with E-state index in [2.05, 4.69) is 15.3 Å². The summed E-state index contributed by atoms with van der Waals surface area (Å²) in [6, 6.07) is 15.1. The van der Waals surface area contributed by atoms with Gasteiger partial charge < -0.3 is 5.32 Å². The minimum atomic E-state index is -0.252. The third-order valence-corrected chi connectivity index (χ3v) is 4.30. The zero-order chi connectivity index (χ0) is 16.8. The molecule has 3 aromatic rings. The van der Waals surface area contributed by atoms with E-state index in [-0.39, 0.29) is 5.91 Å². The standard InChI is InChI=1S/C18H14N4OS/c19-10-13-6-7-16(21-11-13)17(23)20-9-8-15-12-24-18(22-15)14-4-2-1-3-5-14/h1-7,11-12H,8-9H2,(H,20,23). The largest absolute Gasteiger partial charge is 0.350 e. The molecule has 0 saturated heterocycles. The number of carbonyl (C=O) groups is 1. The molecule has 24 heavy (non-hydrogen) atoms. The normalized spacial score (nSPS) is 10.1. The Morgan fingerprint density at radius 3 is 2.75 bits per heavy atom. The van der Waals surface area contributed by atoms with Crippen LogP contribution in [0.3, 0.4) is 0 Å². The first-order valence-corrected chi connectivity index (χ1v) is 8.28. The van der Waals surface area contributed by atoms with E-state index in [0.29, 0.717) is 24.2 Å². The van der Waals surface area contributed by atoms with Gasteiger partial charge in [0.05, 0.1) is 11.3 Å². The van der Waals surface area contributed by atoms with E-state index in [9.17, 15) is 4.79 Å². The van der Waals surface area contributed by atoms with Crippen molar-refractivity contribution in [3.8, 4) is 16.6 Å². The summed E-state index contributed by atoms with van der Waals surface area (Å²) in [5.41, 5.74) is 2.78. The zero-order valence-corrected chi connectivity index (χ0v) is 13.6. The van der Waals surface area contributed by atoms with E-state index in [0.717, 1.165) is 16.3 Å². The molecule has 0 aliphatic heterocycles. The van der Waals surface area contributed by atoms with Crippen LogP contribution in [-0.4, -0.2) is 22.4 Å². The molecule has 0 unspecified atom stereocenters. The van der Waals surface area contributed by atoms with Gasteiger partial charge in [-0.15, -0.1) is 11.3 Å². The molecule has 0 fully saturated rings. The number of thiazole rings is 1. The van der Waals surface area contributed by atoms with E-state index in [1.165, 1.54) is 6.20 Å². The molecule has 0 atom stereocenters. The van der Waals surface area contributed by atoms with Gasteiger partial charge in [-0.1, -0.05) is 30.3 Å². The summed E-state index contributed by atoms with van der Waals surface area (Å²) in [7, 11) is 0. The van der Waals surface area contributed by atoms with Crippen LogP contribution >= 0.6 is 11.3 Å². The van der Waals surface area contributed by atoms with Crippen LogP contribution in [0.15, 0.2) is 54.0 Å². The minimum Gasteiger partial charge on any atom is -0.350 e. The minimum absolute atomic E-state index is 0.252. The van der Waals surface area contributed by atoms with Crippen molar-refractivity contribution in [3.63, 3.8) is 0 Å². The summed E-state index contributed by atoms with van der Waals surface area (Å²) >= 11 is 1.60. The lowest BCUT2D eigenvalue weighted by Crippen LogP contribution is -2.26. The third-order valence-electron chi connectivity index (χ3n) is 3.36. The first-order chi connectivity index (χ1) is 11.8. The summed E-state index contributed by atoms with van der Waals surface area (Å²) in [6.07, 6.45) is 2.05. The quantitative estimate of drug-likeness (QED) is 0.778. The third kappa shape index (κ3) is 3.83. The van der Waals surface area contributed by atoms with Gasteiger partial charge in [-0.3, -0.25) is 4.79 Å². The first-order valence-electron chi connectivity index (χ1n) is 7.40. The van der Waals surface area contributed by atoms with E-state index in [1.54, 1.807) is 23.5 Å². The van der Waals surface area contributed by atoms with Crippen LogP contribution in [0.4, 0.5) is 0 Å². The molecule has 0 spiro atoms. The number of nitriles is 1. The summed E-state index contributed by atoms with van der Waals surface area (Å²) in [5, 5.41) is 14.5. The molecule has 1 N–H and O–H groups in total. The van der Waals surface area contributed by atoms with Gasteiger partial charge in [0.15, 0.2) is 0 Å². The number of carbonyl (C=O) groups excluding carboxylic acids is 1. The van der Waals surface area contributed by atoms with E-state index < -0.39 is 0 Å². The summed E-state index contributed by atoms with van der Waals surface area (Å²) in [6.45, 7) is 0.485. The monoisotopic (exact) mass is 334 g/mol. The highest BCUT2D eigenvalue weighted by molar-refractivity contribution is 7.13. The molecule has 2 heterocycles. The number of benzene rings is 1. The van der Waals surface area contributed by atoms with E-state index in [4.69, 9.17) is 5.26 Å². The van der Waals surface area contributed by atoms with Crippen LogP contribution in [-0.2, 0) is 6.42 Å². The van der Waals surface area contributed by atoms with Gasteiger partial charge in [-0.05, 0) is 12.1 Å². The van der Waals surface area contributed by atoms with Crippen molar-refractivity contribution in [2.75, 3.05) is 6.54 Å². The molecular weight excluding hydrogens is 320 g/mol. The predicted molar refractivity (Wildman–Crippen MR) is 92.5 cm³/mol. The molecular formula is C18H14N4OS. The van der Waals surface area contributed by atoms with Gasteiger partial charge >= 0.3 is 0 Å². The Hall–Kier alpha value is -3.04. The molecule has 0 aliphatic carbocycles. The Kier molecular flexibility index (Phi) is 4.94. The zero-order valence-electron chi connectivity index (χ0n) is 12.8. The Balaban J connectivity index is 1.54. The molecule has 0 saturated carbocycles. The SMILES string of the molecule is N#Cc1ccc(C(=O)NCCc2csc(-c3ccccc3)n2)nc1. The summed E-state index contributed by atoms with van der Waals surface area (Å²) in [5.74, 6) is -0.252. The Labute approximate surface area is 143 Å². The number of hydrogen-bond acceptors (Lipinski definition) is 5. The predicted octanol–water partition coefficient (Wildman–Crippen LogP) is 3.05. The van der Waals surface area contributed by atoms with Crippen LogP contribution in [0.25, 0.3) is 10.6 Å². The van der Waals surface area contributed by atoms with Crippen molar-refractivity contribution >= 4 is 17.2 Å². The average Bonchev–Trinajstić information content (AvgIpc) is 3.11. The highest BCUT2D eigenvalue weighted by Crippen LogP contribution is 2.23. The van der Waals surface area contributed by atoms with Crippen molar-refractivity contribution in [3.05, 3.63) is 71.0 Å². The van der Waals surface area contributed by atoms with Gasteiger partial charge in [0.25, 0.3) is 5.91 Å². The molecule has 0 aliphatic rings. The first kappa shape index (κ1) is 15.8. The second-order valence-corrected chi connectivity index (χ2v) is 5.92. The highest BCUT2D eigenvalue weighted by atomic mass is 32.1. The van der Waals surface area contributed by atoms with Crippen LogP contribution in [0, 0.1) is 11.3 Å². The van der Waals surface area contributed by atoms with Crippen LogP contribution in [0.5, 0.6) is 0 Å². The van der Waals surface area contributed by atoms with Crippen molar-refractivity contribution in [2.24, 2.45) is 0 Å². The molecule has 1 aromatic carbocycles. The maximum Gasteiger partial charge on any atom is 0.269 e. The number of aromatic nitrogens is 2. The summed E-state index contributed by atoms with van der Waals surface area (Å²) in [4.78, 5) is 20.5. The molecule has 2 aromatic heterocycles. The number of pyridine rings is 1. The lowest BCUT2D eigenvalue weighted by molar-refractivity contribution is 0.0949. The number of rotatable bonds is 5. The molecule has 118 valence electrons. The molecule has 3 rings (SSSR count). The van der Waals surface area contributed by atoms with Gasteiger partial charge in [0, 0.05) is 30.1 Å². The molecule has 6 heteroatoms. The van der Waals surface area contributed by atoms with Gasteiger partial charge in [-0.2, -0.15) is 5.26 Å². The fraction of sp³-hybridized carbons (Fsp3) is 0.111. The average molecular weight is 334 g/mol. The van der Waals surface area contributed by atoms with Gasteiger partial charge in [-0.25, -0.2) is 9.97 Å². The lowest BCUT2D eigenvalue weighted by atomic mass is 10.2. The van der Waals surface area contributed by atoms with E-state index >= 15 is 0 Å². The van der Waals surface area contributed by atoms with Crippen molar-refractivity contribution in [2.45, 2.75) is 6.42 Å². The number of nitrogens with zero attached hydrogens (tertiary/aromatic N) is 3. The Morgan fingerprint density at radius 2 is 2.04 bits per heavy atom. The molecule has 1 amide bonds. The Bertz CT molecular complexity index is 866. The molecule has 0 bridgehead atoms. The maximum absolute atomic E-state index is 12.0. The molecule has 0 radical (unpaired) electrons. The lowest BCUT2D eigenvalue weighted by Gasteiger charge is -2.03. The van der Waals surface area contributed by atoms with E-state index in [1.807, 2.05) is 41.8 Å². The van der Waals surface area contributed by atoms with Gasteiger partial charge in [0.2, 0.25) is 0 Å². The number of hydrogen-bond donors (Lipinski definition) is 1.